The van der Waals surface area contributed by atoms with E-state index >= 15 is 0 Å². The third-order valence-corrected chi connectivity index (χ3v) is 2.67. The van der Waals surface area contributed by atoms with Gasteiger partial charge in [0, 0.05) is 12.6 Å². The fourth-order valence-corrected chi connectivity index (χ4v) is 1.43. The Morgan fingerprint density at radius 2 is 2.25 bits per heavy atom. The minimum Gasteiger partial charge on any atom is -0.396 e. The first kappa shape index (κ1) is 9.96. The summed E-state index contributed by atoms with van der Waals surface area (Å²) >= 11 is 0. The third kappa shape index (κ3) is 3.09. The zero-order valence-electron chi connectivity index (χ0n) is 7.63. The Bertz CT molecular complexity index is 115. The van der Waals surface area contributed by atoms with Crippen molar-refractivity contribution < 1.29 is 5.11 Å². The molecule has 0 saturated heterocycles. The van der Waals surface area contributed by atoms with Crippen LogP contribution in [0.1, 0.15) is 25.7 Å². The van der Waals surface area contributed by atoms with E-state index in [1.165, 1.54) is 19.3 Å². The second-order valence-corrected chi connectivity index (χ2v) is 3.65. The molecule has 0 spiro atoms. The van der Waals surface area contributed by atoms with Crippen LogP contribution in [0.25, 0.3) is 0 Å². The third-order valence-electron chi connectivity index (χ3n) is 2.67. The average Bonchev–Trinajstić information content (AvgIpc) is 2.00. The second kappa shape index (κ2) is 5.51. The summed E-state index contributed by atoms with van der Waals surface area (Å²) in [7, 11) is 0. The normalized spacial score (nSPS) is 20.5. The molecule has 1 fully saturated rings. The van der Waals surface area contributed by atoms with Crippen LogP contribution >= 0.6 is 0 Å². The van der Waals surface area contributed by atoms with Gasteiger partial charge in [0.15, 0.2) is 0 Å². The monoisotopic (exact) mass is 172 g/mol. The van der Waals surface area contributed by atoms with Gasteiger partial charge in [-0.25, -0.2) is 0 Å². The van der Waals surface area contributed by atoms with Gasteiger partial charge in [-0.1, -0.05) is 6.42 Å². The Kier molecular flexibility index (Phi) is 4.58. The topological polar surface area (TPSA) is 58.3 Å². The maximum atomic E-state index is 8.72. The molecule has 0 radical (unpaired) electrons. The van der Waals surface area contributed by atoms with Crippen LogP contribution in [0, 0.1) is 5.92 Å². The van der Waals surface area contributed by atoms with Gasteiger partial charge in [0.25, 0.3) is 0 Å². The van der Waals surface area contributed by atoms with Gasteiger partial charge in [0.05, 0.1) is 0 Å². The molecule has 1 aliphatic carbocycles. The summed E-state index contributed by atoms with van der Waals surface area (Å²) in [6.45, 7) is 1.91. The fourth-order valence-electron chi connectivity index (χ4n) is 1.43. The van der Waals surface area contributed by atoms with Crippen LogP contribution in [0.3, 0.4) is 0 Å². The van der Waals surface area contributed by atoms with Crippen LogP contribution in [0.15, 0.2) is 0 Å². The average molecular weight is 172 g/mol. The second-order valence-electron chi connectivity index (χ2n) is 3.65. The molecule has 0 aromatic rings. The van der Waals surface area contributed by atoms with E-state index in [4.69, 9.17) is 10.8 Å². The molecule has 0 aromatic carbocycles. The lowest BCUT2D eigenvalue weighted by Gasteiger charge is -2.28. The molecule has 0 bridgehead atoms. The first-order valence-electron chi connectivity index (χ1n) is 4.91. The minimum absolute atomic E-state index is 0.258. The Morgan fingerprint density at radius 1 is 1.50 bits per heavy atom. The number of aliphatic hydroxyl groups excluding tert-OH is 1. The number of hydrogen-bond acceptors (Lipinski definition) is 3. The van der Waals surface area contributed by atoms with Crippen LogP contribution in [0.5, 0.6) is 0 Å². The van der Waals surface area contributed by atoms with Crippen molar-refractivity contribution in [3.05, 3.63) is 0 Å². The summed E-state index contributed by atoms with van der Waals surface area (Å²) in [5.41, 5.74) is 5.55. The number of nitrogens with one attached hydrogen (secondary N) is 1. The van der Waals surface area contributed by atoms with Gasteiger partial charge in [-0.3, -0.25) is 0 Å². The molecule has 3 heteroatoms. The fraction of sp³-hybridized carbons (Fsp3) is 1.00. The van der Waals surface area contributed by atoms with E-state index in [0.29, 0.717) is 12.5 Å². The molecule has 0 aliphatic heterocycles. The summed E-state index contributed by atoms with van der Waals surface area (Å²) in [6, 6.07) is 0.734. The molecule has 1 rings (SSSR count). The highest BCUT2D eigenvalue weighted by atomic mass is 16.3. The molecule has 1 aliphatic rings. The maximum absolute atomic E-state index is 8.72. The van der Waals surface area contributed by atoms with Crippen molar-refractivity contribution in [1.82, 2.24) is 5.32 Å². The zero-order chi connectivity index (χ0) is 8.81. The van der Waals surface area contributed by atoms with Gasteiger partial charge < -0.3 is 16.2 Å². The van der Waals surface area contributed by atoms with Gasteiger partial charge in [-0.05, 0) is 38.3 Å². The van der Waals surface area contributed by atoms with E-state index in [0.717, 1.165) is 19.0 Å². The van der Waals surface area contributed by atoms with Crippen molar-refractivity contribution in [2.24, 2.45) is 11.7 Å². The van der Waals surface area contributed by atoms with E-state index in [2.05, 4.69) is 5.32 Å². The van der Waals surface area contributed by atoms with Crippen LogP contribution in [-0.2, 0) is 0 Å². The number of aliphatic hydroxyl groups is 1. The Balaban J connectivity index is 2.01. The van der Waals surface area contributed by atoms with Crippen molar-refractivity contribution in [2.45, 2.75) is 31.7 Å². The first-order chi connectivity index (χ1) is 5.86. The molecule has 0 heterocycles. The van der Waals surface area contributed by atoms with Crippen LogP contribution < -0.4 is 11.1 Å². The van der Waals surface area contributed by atoms with Gasteiger partial charge in [-0.15, -0.1) is 0 Å². The summed E-state index contributed by atoms with van der Waals surface area (Å²) in [4.78, 5) is 0. The van der Waals surface area contributed by atoms with Crippen molar-refractivity contribution in [2.75, 3.05) is 19.7 Å². The van der Waals surface area contributed by atoms with Crippen molar-refractivity contribution in [1.29, 1.82) is 0 Å². The standard InChI is InChI=1S/C9H20N2O/c10-6-8(4-5-12)7-11-9-2-1-3-9/h8-9,11-12H,1-7,10H2. The lowest BCUT2D eigenvalue weighted by atomic mass is 9.92. The molecule has 3 nitrogen and oxygen atoms in total. The van der Waals surface area contributed by atoms with E-state index in [1.807, 2.05) is 0 Å². The predicted octanol–water partition coefficient (Wildman–Crippen LogP) is 0.0858. The van der Waals surface area contributed by atoms with Crippen LogP contribution in [0.2, 0.25) is 0 Å². The first-order valence-corrected chi connectivity index (χ1v) is 4.91. The van der Waals surface area contributed by atoms with Crippen molar-refractivity contribution in [3.63, 3.8) is 0 Å². The number of rotatable bonds is 6. The van der Waals surface area contributed by atoms with E-state index in [-0.39, 0.29) is 6.61 Å². The summed E-state index contributed by atoms with van der Waals surface area (Å²) in [6.07, 6.45) is 4.83. The number of hydrogen-bond donors (Lipinski definition) is 3. The molecule has 1 saturated carbocycles. The molecular formula is C9H20N2O. The molecule has 72 valence electrons. The minimum atomic E-state index is 0.258. The maximum Gasteiger partial charge on any atom is 0.0434 e. The molecule has 0 aromatic heterocycles. The SMILES string of the molecule is NCC(CCO)CNC1CCC1. The Hall–Kier alpha value is -0.120. The largest absolute Gasteiger partial charge is 0.396 e. The molecule has 1 unspecified atom stereocenters. The Labute approximate surface area is 74.3 Å². The van der Waals surface area contributed by atoms with Gasteiger partial charge in [-0.2, -0.15) is 0 Å². The van der Waals surface area contributed by atoms with Gasteiger partial charge in [0.2, 0.25) is 0 Å². The number of nitrogens with two attached hydrogens (primary N) is 1. The van der Waals surface area contributed by atoms with Crippen molar-refractivity contribution >= 4 is 0 Å². The Morgan fingerprint density at radius 3 is 2.67 bits per heavy atom. The van der Waals surface area contributed by atoms with Gasteiger partial charge in [0.1, 0.15) is 0 Å². The quantitative estimate of drug-likeness (QED) is 0.532. The van der Waals surface area contributed by atoms with E-state index in [9.17, 15) is 0 Å². The van der Waals surface area contributed by atoms with E-state index < -0.39 is 0 Å². The molecular weight excluding hydrogens is 152 g/mol. The van der Waals surface area contributed by atoms with Gasteiger partial charge >= 0.3 is 0 Å². The van der Waals surface area contributed by atoms with E-state index in [1.54, 1.807) is 0 Å². The predicted molar refractivity (Wildman–Crippen MR) is 49.9 cm³/mol. The smallest absolute Gasteiger partial charge is 0.0434 e. The zero-order valence-corrected chi connectivity index (χ0v) is 7.63. The summed E-state index contributed by atoms with van der Waals surface area (Å²) in [5.74, 6) is 0.454. The highest BCUT2D eigenvalue weighted by molar-refractivity contribution is 4.77. The summed E-state index contributed by atoms with van der Waals surface area (Å²) in [5, 5.41) is 12.2. The molecule has 12 heavy (non-hydrogen) atoms. The molecule has 0 amide bonds. The van der Waals surface area contributed by atoms with Crippen molar-refractivity contribution in [3.8, 4) is 0 Å². The summed E-state index contributed by atoms with van der Waals surface area (Å²) < 4.78 is 0. The lowest BCUT2D eigenvalue weighted by Crippen LogP contribution is -2.40. The van der Waals surface area contributed by atoms with Crippen LogP contribution in [0.4, 0.5) is 0 Å². The molecule has 4 N–H and O–H groups in total. The molecule has 1 atom stereocenters. The lowest BCUT2D eigenvalue weighted by molar-refractivity contribution is 0.244. The highest BCUT2D eigenvalue weighted by Gasteiger charge is 2.17. The highest BCUT2D eigenvalue weighted by Crippen LogP contribution is 2.18. The van der Waals surface area contributed by atoms with Crippen LogP contribution in [-0.4, -0.2) is 30.8 Å².